The lowest BCUT2D eigenvalue weighted by Crippen LogP contribution is -2.25. The standard InChI is InChI=1S/C11H17NO/c1-9-4-5-10(7-9)12-8-11-3-2-6-13-11/h2-3,6,9-10,12H,4-5,7-8H2,1H3/t9-,10+/m0/s1. The summed E-state index contributed by atoms with van der Waals surface area (Å²) in [5, 5.41) is 3.52. The smallest absolute Gasteiger partial charge is 0.117 e. The zero-order valence-electron chi connectivity index (χ0n) is 8.12. The van der Waals surface area contributed by atoms with Crippen molar-refractivity contribution in [2.75, 3.05) is 0 Å². The topological polar surface area (TPSA) is 25.2 Å². The van der Waals surface area contributed by atoms with Gasteiger partial charge in [0.05, 0.1) is 12.8 Å². The van der Waals surface area contributed by atoms with E-state index >= 15 is 0 Å². The summed E-state index contributed by atoms with van der Waals surface area (Å²) in [6.07, 6.45) is 5.74. The molecular weight excluding hydrogens is 162 g/mol. The molecule has 0 unspecified atom stereocenters. The van der Waals surface area contributed by atoms with E-state index in [0.717, 1.165) is 18.2 Å². The first kappa shape index (κ1) is 8.82. The summed E-state index contributed by atoms with van der Waals surface area (Å²) >= 11 is 0. The first-order valence-corrected chi connectivity index (χ1v) is 5.10. The largest absolute Gasteiger partial charge is 0.468 e. The van der Waals surface area contributed by atoms with Crippen LogP contribution in [0.5, 0.6) is 0 Å². The molecule has 0 amide bonds. The van der Waals surface area contributed by atoms with Crippen LogP contribution >= 0.6 is 0 Å². The fourth-order valence-electron chi connectivity index (χ4n) is 2.05. The highest BCUT2D eigenvalue weighted by atomic mass is 16.3. The highest BCUT2D eigenvalue weighted by Crippen LogP contribution is 2.24. The molecule has 1 aliphatic carbocycles. The van der Waals surface area contributed by atoms with Crippen LogP contribution in [0.3, 0.4) is 0 Å². The van der Waals surface area contributed by atoms with Crippen molar-refractivity contribution in [3.05, 3.63) is 24.2 Å². The van der Waals surface area contributed by atoms with E-state index in [1.54, 1.807) is 6.26 Å². The van der Waals surface area contributed by atoms with Crippen molar-refractivity contribution in [3.63, 3.8) is 0 Å². The first-order chi connectivity index (χ1) is 6.34. The average Bonchev–Trinajstić information content (AvgIpc) is 2.71. The lowest BCUT2D eigenvalue weighted by atomic mass is 10.1. The Hall–Kier alpha value is -0.760. The molecule has 1 N–H and O–H groups in total. The second-order valence-corrected chi connectivity index (χ2v) is 4.08. The van der Waals surface area contributed by atoms with Crippen LogP contribution in [0, 0.1) is 5.92 Å². The van der Waals surface area contributed by atoms with Crippen LogP contribution in [-0.4, -0.2) is 6.04 Å². The normalized spacial score (nSPS) is 28.1. The molecule has 0 spiro atoms. The van der Waals surface area contributed by atoms with Gasteiger partial charge in [0.15, 0.2) is 0 Å². The van der Waals surface area contributed by atoms with Gasteiger partial charge in [0.1, 0.15) is 5.76 Å². The van der Waals surface area contributed by atoms with Crippen LogP contribution in [0.15, 0.2) is 22.8 Å². The number of furan rings is 1. The molecule has 72 valence electrons. The lowest BCUT2D eigenvalue weighted by molar-refractivity contribution is 0.439. The minimum absolute atomic E-state index is 0.708. The Balaban J connectivity index is 1.74. The monoisotopic (exact) mass is 179 g/mol. The molecule has 2 rings (SSSR count). The fourth-order valence-corrected chi connectivity index (χ4v) is 2.05. The van der Waals surface area contributed by atoms with Gasteiger partial charge in [-0.3, -0.25) is 0 Å². The number of hydrogen-bond acceptors (Lipinski definition) is 2. The van der Waals surface area contributed by atoms with Crippen molar-refractivity contribution in [2.24, 2.45) is 5.92 Å². The maximum Gasteiger partial charge on any atom is 0.117 e. The van der Waals surface area contributed by atoms with Crippen molar-refractivity contribution in [1.82, 2.24) is 5.32 Å². The van der Waals surface area contributed by atoms with Crippen LogP contribution < -0.4 is 5.32 Å². The molecular formula is C11H17NO. The van der Waals surface area contributed by atoms with Gasteiger partial charge in [0.2, 0.25) is 0 Å². The molecule has 0 bridgehead atoms. The predicted octanol–water partition coefficient (Wildman–Crippen LogP) is 2.56. The minimum atomic E-state index is 0.708. The van der Waals surface area contributed by atoms with E-state index in [9.17, 15) is 0 Å². The Bertz CT molecular complexity index is 243. The van der Waals surface area contributed by atoms with Gasteiger partial charge in [-0.25, -0.2) is 0 Å². The molecule has 1 aliphatic rings. The molecule has 13 heavy (non-hydrogen) atoms. The molecule has 2 heteroatoms. The van der Waals surface area contributed by atoms with Crippen LogP contribution in [0.2, 0.25) is 0 Å². The molecule has 1 saturated carbocycles. The van der Waals surface area contributed by atoms with Crippen LogP contribution in [-0.2, 0) is 6.54 Å². The number of nitrogens with one attached hydrogen (secondary N) is 1. The molecule has 2 atom stereocenters. The van der Waals surface area contributed by atoms with Gasteiger partial charge >= 0.3 is 0 Å². The molecule has 0 aromatic carbocycles. The molecule has 0 aliphatic heterocycles. The summed E-state index contributed by atoms with van der Waals surface area (Å²) in [6.45, 7) is 3.21. The van der Waals surface area contributed by atoms with Gasteiger partial charge in [0.25, 0.3) is 0 Å². The Kier molecular flexibility index (Phi) is 2.69. The summed E-state index contributed by atoms with van der Waals surface area (Å²) in [4.78, 5) is 0. The van der Waals surface area contributed by atoms with Gasteiger partial charge in [0, 0.05) is 6.04 Å². The quantitative estimate of drug-likeness (QED) is 0.771. The SMILES string of the molecule is C[C@H]1CC[C@@H](NCc2ccco2)C1. The summed E-state index contributed by atoms with van der Waals surface area (Å²) in [7, 11) is 0. The molecule has 2 nitrogen and oxygen atoms in total. The summed E-state index contributed by atoms with van der Waals surface area (Å²) in [5.74, 6) is 1.94. The first-order valence-electron chi connectivity index (χ1n) is 5.10. The molecule has 1 aromatic heterocycles. The maximum atomic E-state index is 5.26. The van der Waals surface area contributed by atoms with E-state index in [-0.39, 0.29) is 0 Å². The van der Waals surface area contributed by atoms with E-state index < -0.39 is 0 Å². The third-order valence-electron chi connectivity index (χ3n) is 2.84. The van der Waals surface area contributed by atoms with E-state index in [4.69, 9.17) is 4.42 Å². The zero-order valence-corrected chi connectivity index (χ0v) is 8.12. The van der Waals surface area contributed by atoms with Crippen LogP contribution in [0.4, 0.5) is 0 Å². The van der Waals surface area contributed by atoms with E-state index in [1.165, 1.54) is 19.3 Å². The Morgan fingerprint density at radius 1 is 1.54 bits per heavy atom. The van der Waals surface area contributed by atoms with Crippen molar-refractivity contribution in [2.45, 2.75) is 38.8 Å². The van der Waals surface area contributed by atoms with E-state index in [2.05, 4.69) is 12.2 Å². The molecule has 1 aromatic rings. The van der Waals surface area contributed by atoms with E-state index in [1.807, 2.05) is 12.1 Å². The zero-order chi connectivity index (χ0) is 9.10. The van der Waals surface area contributed by atoms with Crippen molar-refractivity contribution in [1.29, 1.82) is 0 Å². The third kappa shape index (κ3) is 2.34. The third-order valence-corrected chi connectivity index (χ3v) is 2.84. The molecule has 0 radical (unpaired) electrons. The fraction of sp³-hybridized carbons (Fsp3) is 0.636. The second-order valence-electron chi connectivity index (χ2n) is 4.08. The Morgan fingerprint density at radius 3 is 3.08 bits per heavy atom. The van der Waals surface area contributed by atoms with Crippen LogP contribution in [0.1, 0.15) is 31.9 Å². The number of hydrogen-bond donors (Lipinski definition) is 1. The van der Waals surface area contributed by atoms with Gasteiger partial charge < -0.3 is 9.73 Å². The van der Waals surface area contributed by atoms with Gasteiger partial charge in [-0.15, -0.1) is 0 Å². The van der Waals surface area contributed by atoms with Gasteiger partial charge in [-0.2, -0.15) is 0 Å². The van der Waals surface area contributed by atoms with E-state index in [0.29, 0.717) is 6.04 Å². The van der Waals surface area contributed by atoms with Gasteiger partial charge in [-0.1, -0.05) is 6.92 Å². The Morgan fingerprint density at radius 2 is 2.46 bits per heavy atom. The highest BCUT2D eigenvalue weighted by molar-refractivity contribution is 4.98. The summed E-state index contributed by atoms with van der Waals surface area (Å²) in [5.41, 5.74) is 0. The Labute approximate surface area is 79.3 Å². The average molecular weight is 179 g/mol. The summed E-state index contributed by atoms with van der Waals surface area (Å²) in [6, 6.07) is 4.67. The maximum absolute atomic E-state index is 5.26. The van der Waals surface area contributed by atoms with Crippen molar-refractivity contribution >= 4 is 0 Å². The minimum Gasteiger partial charge on any atom is -0.468 e. The van der Waals surface area contributed by atoms with Crippen molar-refractivity contribution in [3.8, 4) is 0 Å². The molecule has 1 heterocycles. The van der Waals surface area contributed by atoms with Crippen LogP contribution in [0.25, 0.3) is 0 Å². The molecule has 1 fully saturated rings. The molecule has 0 saturated heterocycles. The van der Waals surface area contributed by atoms with Gasteiger partial charge in [-0.05, 0) is 37.3 Å². The number of rotatable bonds is 3. The summed E-state index contributed by atoms with van der Waals surface area (Å²) < 4.78 is 5.26. The lowest BCUT2D eigenvalue weighted by Gasteiger charge is -2.10. The predicted molar refractivity (Wildman–Crippen MR) is 52.4 cm³/mol. The highest BCUT2D eigenvalue weighted by Gasteiger charge is 2.20. The van der Waals surface area contributed by atoms with Crippen molar-refractivity contribution < 1.29 is 4.42 Å². The second kappa shape index (κ2) is 3.97.